The molecule has 1 aliphatic rings. The van der Waals surface area contributed by atoms with Gasteiger partial charge in [0.25, 0.3) is 0 Å². The van der Waals surface area contributed by atoms with Crippen LogP contribution in [0, 0.1) is 6.92 Å². The molecule has 1 aromatic heterocycles. The standard InChI is InChI=1S/C14H15N3O3/c1-9-16-13(6-14(17-9)18-2)15-7-10-3-4-11-12(5-10)20-8-19-11/h3-6H,7-8H2,1-2H3,(H,15,16,17). The molecule has 104 valence electrons. The number of nitrogens with one attached hydrogen (secondary N) is 1. The Morgan fingerprint density at radius 3 is 2.90 bits per heavy atom. The highest BCUT2D eigenvalue weighted by Gasteiger charge is 2.13. The molecule has 0 atom stereocenters. The Morgan fingerprint density at radius 1 is 1.20 bits per heavy atom. The van der Waals surface area contributed by atoms with Gasteiger partial charge in [-0.25, -0.2) is 4.98 Å². The summed E-state index contributed by atoms with van der Waals surface area (Å²) in [7, 11) is 1.59. The molecule has 1 aromatic carbocycles. The zero-order chi connectivity index (χ0) is 13.9. The first-order valence-corrected chi connectivity index (χ1v) is 6.26. The maximum atomic E-state index is 5.35. The lowest BCUT2D eigenvalue weighted by molar-refractivity contribution is 0.174. The third-order valence-electron chi connectivity index (χ3n) is 2.93. The van der Waals surface area contributed by atoms with Crippen LogP contribution in [0.1, 0.15) is 11.4 Å². The third-order valence-corrected chi connectivity index (χ3v) is 2.93. The van der Waals surface area contributed by atoms with E-state index in [2.05, 4.69) is 15.3 Å². The number of nitrogens with zero attached hydrogens (tertiary/aromatic N) is 2. The van der Waals surface area contributed by atoms with Gasteiger partial charge in [0.05, 0.1) is 7.11 Å². The van der Waals surface area contributed by atoms with Gasteiger partial charge in [-0.3, -0.25) is 0 Å². The largest absolute Gasteiger partial charge is 0.481 e. The van der Waals surface area contributed by atoms with Crippen molar-refractivity contribution in [2.45, 2.75) is 13.5 Å². The molecule has 3 rings (SSSR count). The lowest BCUT2D eigenvalue weighted by Crippen LogP contribution is -2.04. The van der Waals surface area contributed by atoms with E-state index in [0.717, 1.165) is 22.9 Å². The first-order valence-electron chi connectivity index (χ1n) is 6.26. The third kappa shape index (κ3) is 2.59. The molecule has 0 spiro atoms. The van der Waals surface area contributed by atoms with Gasteiger partial charge in [-0.05, 0) is 24.6 Å². The molecule has 1 N–H and O–H groups in total. The van der Waals surface area contributed by atoms with Crippen molar-refractivity contribution < 1.29 is 14.2 Å². The number of benzene rings is 1. The van der Waals surface area contributed by atoms with Gasteiger partial charge in [0.2, 0.25) is 12.7 Å². The summed E-state index contributed by atoms with van der Waals surface area (Å²) in [4.78, 5) is 8.46. The average Bonchev–Trinajstić information content (AvgIpc) is 2.92. The summed E-state index contributed by atoms with van der Waals surface area (Å²) in [6.45, 7) is 2.75. The summed E-state index contributed by atoms with van der Waals surface area (Å²) >= 11 is 0. The lowest BCUT2D eigenvalue weighted by atomic mass is 10.2. The minimum Gasteiger partial charge on any atom is -0.481 e. The average molecular weight is 273 g/mol. The predicted molar refractivity (Wildman–Crippen MR) is 73.2 cm³/mol. The maximum Gasteiger partial charge on any atom is 0.231 e. The molecule has 0 fully saturated rings. The summed E-state index contributed by atoms with van der Waals surface area (Å²) in [5, 5.41) is 3.24. The second-order valence-corrected chi connectivity index (χ2v) is 4.38. The Bertz CT molecular complexity index is 631. The molecule has 0 amide bonds. The normalized spacial score (nSPS) is 12.3. The Balaban J connectivity index is 1.71. The second-order valence-electron chi connectivity index (χ2n) is 4.38. The molecular formula is C14H15N3O3. The summed E-state index contributed by atoms with van der Waals surface area (Å²) in [6.07, 6.45) is 0. The van der Waals surface area contributed by atoms with Crippen LogP contribution < -0.4 is 19.5 Å². The van der Waals surface area contributed by atoms with E-state index in [9.17, 15) is 0 Å². The highest BCUT2D eigenvalue weighted by Crippen LogP contribution is 2.32. The monoisotopic (exact) mass is 273 g/mol. The van der Waals surface area contributed by atoms with Crippen molar-refractivity contribution in [2.75, 3.05) is 19.2 Å². The van der Waals surface area contributed by atoms with Crippen LogP contribution >= 0.6 is 0 Å². The Kier molecular flexibility index (Phi) is 3.28. The van der Waals surface area contributed by atoms with Crippen molar-refractivity contribution in [3.63, 3.8) is 0 Å². The van der Waals surface area contributed by atoms with Gasteiger partial charge < -0.3 is 19.5 Å². The zero-order valence-electron chi connectivity index (χ0n) is 11.3. The molecule has 2 heterocycles. The molecule has 0 saturated carbocycles. The van der Waals surface area contributed by atoms with Gasteiger partial charge in [-0.2, -0.15) is 4.98 Å². The Hall–Kier alpha value is -2.50. The first-order chi connectivity index (χ1) is 9.74. The van der Waals surface area contributed by atoms with Gasteiger partial charge in [-0.1, -0.05) is 6.07 Å². The van der Waals surface area contributed by atoms with Crippen LogP contribution in [0.3, 0.4) is 0 Å². The van der Waals surface area contributed by atoms with E-state index in [1.807, 2.05) is 25.1 Å². The zero-order valence-corrected chi connectivity index (χ0v) is 11.3. The van der Waals surface area contributed by atoms with E-state index in [1.165, 1.54) is 0 Å². The van der Waals surface area contributed by atoms with Gasteiger partial charge in [0.15, 0.2) is 11.5 Å². The first kappa shape index (κ1) is 12.5. The minimum atomic E-state index is 0.286. The number of hydrogen-bond acceptors (Lipinski definition) is 6. The highest BCUT2D eigenvalue weighted by molar-refractivity contribution is 5.46. The predicted octanol–water partition coefficient (Wildman–Crippen LogP) is 2.13. The molecule has 0 saturated heterocycles. The second kappa shape index (κ2) is 5.24. The molecule has 6 heteroatoms. The number of aryl methyl sites for hydroxylation is 1. The number of anilines is 1. The van der Waals surface area contributed by atoms with E-state index in [0.29, 0.717) is 18.2 Å². The van der Waals surface area contributed by atoms with Gasteiger partial charge in [-0.15, -0.1) is 0 Å². The van der Waals surface area contributed by atoms with Crippen LogP contribution in [0.2, 0.25) is 0 Å². The summed E-state index contributed by atoms with van der Waals surface area (Å²) in [6, 6.07) is 7.62. The molecule has 0 aliphatic carbocycles. The van der Waals surface area contributed by atoms with Crippen molar-refractivity contribution in [1.29, 1.82) is 0 Å². The number of methoxy groups -OCH3 is 1. The van der Waals surface area contributed by atoms with E-state index in [4.69, 9.17) is 14.2 Å². The van der Waals surface area contributed by atoms with Gasteiger partial charge >= 0.3 is 0 Å². The van der Waals surface area contributed by atoms with Crippen LogP contribution in [-0.4, -0.2) is 23.9 Å². The fraction of sp³-hybridized carbons (Fsp3) is 0.286. The Morgan fingerprint density at radius 2 is 2.05 bits per heavy atom. The summed E-state index contributed by atoms with van der Waals surface area (Å²) in [5.74, 6) is 3.50. The Labute approximate surface area is 116 Å². The van der Waals surface area contributed by atoms with Gasteiger partial charge in [0.1, 0.15) is 11.6 Å². The lowest BCUT2D eigenvalue weighted by Gasteiger charge is -2.08. The van der Waals surface area contributed by atoms with Crippen molar-refractivity contribution >= 4 is 5.82 Å². The molecule has 0 radical (unpaired) electrons. The molecule has 20 heavy (non-hydrogen) atoms. The van der Waals surface area contributed by atoms with E-state index >= 15 is 0 Å². The van der Waals surface area contributed by atoms with E-state index < -0.39 is 0 Å². The molecule has 0 unspecified atom stereocenters. The van der Waals surface area contributed by atoms with Crippen molar-refractivity contribution in [3.8, 4) is 17.4 Å². The van der Waals surface area contributed by atoms with Gasteiger partial charge in [0, 0.05) is 12.6 Å². The number of aromatic nitrogens is 2. The number of rotatable bonds is 4. The van der Waals surface area contributed by atoms with Crippen LogP contribution in [0.5, 0.6) is 17.4 Å². The van der Waals surface area contributed by atoms with Crippen molar-refractivity contribution in [3.05, 3.63) is 35.7 Å². The highest BCUT2D eigenvalue weighted by atomic mass is 16.7. The fourth-order valence-corrected chi connectivity index (χ4v) is 1.98. The van der Waals surface area contributed by atoms with Crippen LogP contribution in [0.25, 0.3) is 0 Å². The fourth-order valence-electron chi connectivity index (χ4n) is 1.98. The molecular weight excluding hydrogens is 258 g/mol. The summed E-state index contributed by atoms with van der Waals surface area (Å²) in [5.41, 5.74) is 1.09. The SMILES string of the molecule is COc1cc(NCc2ccc3c(c2)OCO3)nc(C)n1. The number of fused-ring (bicyclic) bond motifs is 1. The van der Waals surface area contributed by atoms with Crippen LogP contribution in [0.4, 0.5) is 5.82 Å². The minimum absolute atomic E-state index is 0.286. The topological polar surface area (TPSA) is 65.5 Å². The number of ether oxygens (including phenoxy) is 3. The molecule has 1 aliphatic heterocycles. The summed E-state index contributed by atoms with van der Waals surface area (Å²) < 4.78 is 15.8. The van der Waals surface area contributed by atoms with Crippen molar-refractivity contribution in [1.82, 2.24) is 9.97 Å². The molecule has 6 nitrogen and oxygen atoms in total. The van der Waals surface area contributed by atoms with E-state index in [1.54, 1.807) is 13.2 Å². The van der Waals surface area contributed by atoms with Crippen LogP contribution in [0.15, 0.2) is 24.3 Å². The molecule has 0 bridgehead atoms. The van der Waals surface area contributed by atoms with Crippen LogP contribution in [-0.2, 0) is 6.54 Å². The van der Waals surface area contributed by atoms with Crippen molar-refractivity contribution in [2.24, 2.45) is 0 Å². The quantitative estimate of drug-likeness (QED) is 0.920. The van der Waals surface area contributed by atoms with E-state index in [-0.39, 0.29) is 6.79 Å². The number of hydrogen-bond donors (Lipinski definition) is 1. The maximum absolute atomic E-state index is 5.35. The smallest absolute Gasteiger partial charge is 0.231 e. The molecule has 2 aromatic rings.